The molecule has 0 unspecified atom stereocenters. The largest absolute Gasteiger partial charge is 0.384 e. The highest BCUT2D eigenvalue weighted by atomic mass is 19.1. The lowest BCUT2D eigenvalue weighted by Crippen LogP contribution is -2.27. The van der Waals surface area contributed by atoms with Crippen LogP contribution >= 0.6 is 0 Å². The molecule has 0 amide bonds. The van der Waals surface area contributed by atoms with Gasteiger partial charge in [-0.3, -0.25) is 0 Å². The Morgan fingerprint density at radius 2 is 1.87 bits per heavy atom. The normalized spacial score (nSPS) is 10.7. The van der Waals surface area contributed by atoms with Gasteiger partial charge < -0.3 is 10.2 Å². The summed E-state index contributed by atoms with van der Waals surface area (Å²) in [6, 6.07) is 6.19. The summed E-state index contributed by atoms with van der Waals surface area (Å²) < 4.78 is 24.5. The van der Waals surface area contributed by atoms with Crippen molar-refractivity contribution >= 4 is 5.69 Å². The number of alkyl halides is 1. The van der Waals surface area contributed by atoms with Crippen LogP contribution in [0.3, 0.4) is 0 Å². The zero-order valence-corrected chi connectivity index (χ0v) is 8.84. The topological polar surface area (TPSA) is 15.3 Å². The zero-order valence-electron chi connectivity index (χ0n) is 8.84. The van der Waals surface area contributed by atoms with E-state index < -0.39 is 0 Å². The molecule has 1 rings (SSSR count). The maximum Gasteiger partial charge on any atom is 0.123 e. The Balaban J connectivity index is 2.22. The number of rotatable bonds is 6. The van der Waals surface area contributed by atoms with Crippen LogP contribution in [0.2, 0.25) is 0 Å². The van der Waals surface area contributed by atoms with E-state index in [0.29, 0.717) is 6.54 Å². The molecule has 0 saturated carbocycles. The van der Waals surface area contributed by atoms with Crippen molar-refractivity contribution in [3.8, 4) is 0 Å². The van der Waals surface area contributed by atoms with Gasteiger partial charge in [0, 0.05) is 25.3 Å². The average Bonchev–Trinajstić information content (AvgIpc) is 2.21. The first kappa shape index (κ1) is 11.9. The van der Waals surface area contributed by atoms with E-state index in [1.165, 1.54) is 12.1 Å². The molecule has 0 aliphatic carbocycles. The van der Waals surface area contributed by atoms with E-state index in [0.717, 1.165) is 18.8 Å². The standard InChI is InChI=1S/C11H16F2N2/c1-15(8-6-12)9-7-14-11-4-2-10(13)3-5-11/h2-5,14H,6-9H2,1H3. The van der Waals surface area contributed by atoms with Crippen molar-refractivity contribution in [3.05, 3.63) is 30.1 Å². The molecule has 0 aliphatic rings. The molecule has 1 aromatic carbocycles. The predicted octanol–water partition coefficient (Wildman–Crippen LogP) is 2.14. The lowest BCUT2D eigenvalue weighted by atomic mass is 10.3. The maximum atomic E-state index is 12.6. The first-order valence-electron chi connectivity index (χ1n) is 4.96. The molecule has 2 nitrogen and oxygen atoms in total. The van der Waals surface area contributed by atoms with Crippen LogP contribution in [0.1, 0.15) is 0 Å². The Morgan fingerprint density at radius 3 is 2.47 bits per heavy atom. The summed E-state index contributed by atoms with van der Waals surface area (Å²) in [7, 11) is 1.87. The molecule has 1 aromatic rings. The fourth-order valence-electron chi connectivity index (χ4n) is 1.21. The summed E-state index contributed by atoms with van der Waals surface area (Å²) in [5.74, 6) is -0.241. The summed E-state index contributed by atoms with van der Waals surface area (Å²) in [5.41, 5.74) is 0.880. The monoisotopic (exact) mass is 214 g/mol. The molecular formula is C11H16F2N2. The van der Waals surface area contributed by atoms with Crippen molar-refractivity contribution in [2.75, 3.05) is 38.7 Å². The second-order valence-corrected chi connectivity index (χ2v) is 3.43. The van der Waals surface area contributed by atoms with Crippen LogP contribution in [0.4, 0.5) is 14.5 Å². The summed E-state index contributed by atoms with van der Waals surface area (Å²) in [6.45, 7) is 1.61. The van der Waals surface area contributed by atoms with Crippen LogP contribution in [0.25, 0.3) is 0 Å². The Morgan fingerprint density at radius 1 is 1.20 bits per heavy atom. The Labute approximate surface area is 88.9 Å². The van der Waals surface area contributed by atoms with Gasteiger partial charge >= 0.3 is 0 Å². The van der Waals surface area contributed by atoms with Gasteiger partial charge in [-0.05, 0) is 31.3 Å². The number of benzene rings is 1. The van der Waals surface area contributed by atoms with Gasteiger partial charge in [-0.2, -0.15) is 0 Å². The van der Waals surface area contributed by atoms with Gasteiger partial charge in [0.2, 0.25) is 0 Å². The van der Waals surface area contributed by atoms with Crippen LogP contribution in [0.5, 0.6) is 0 Å². The molecule has 0 aromatic heterocycles. The molecule has 0 fully saturated rings. The first-order valence-corrected chi connectivity index (χ1v) is 4.96. The second kappa shape index (κ2) is 6.35. The quantitative estimate of drug-likeness (QED) is 0.780. The molecule has 1 N–H and O–H groups in total. The molecule has 0 atom stereocenters. The number of halogens is 2. The highest BCUT2D eigenvalue weighted by Gasteiger charge is 1.97. The van der Waals surface area contributed by atoms with E-state index in [1.807, 2.05) is 11.9 Å². The Kier molecular flexibility index (Phi) is 5.04. The SMILES string of the molecule is CN(CCF)CCNc1ccc(F)cc1. The third-order valence-corrected chi connectivity index (χ3v) is 2.13. The lowest BCUT2D eigenvalue weighted by Gasteiger charge is -2.15. The predicted molar refractivity (Wildman–Crippen MR) is 58.4 cm³/mol. The number of nitrogens with zero attached hydrogens (tertiary/aromatic N) is 1. The van der Waals surface area contributed by atoms with Gasteiger partial charge in [-0.15, -0.1) is 0 Å². The fourth-order valence-corrected chi connectivity index (χ4v) is 1.21. The molecule has 0 radical (unpaired) electrons. The van der Waals surface area contributed by atoms with E-state index in [9.17, 15) is 8.78 Å². The summed E-state index contributed by atoms with van der Waals surface area (Å²) in [6.07, 6.45) is 0. The number of nitrogens with one attached hydrogen (secondary N) is 1. The Hall–Kier alpha value is -1.16. The molecule has 0 saturated heterocycles. The number of anilines is 1. The van der Waals surface area contributed by atoms with Crippen molar-refractivity contribution in [1.29, 1.82) is 0 Å². The maximum absolute atomic E-state index is 12.6. The molecule has 0 spiro atoms. The average molecular weight is 214 g/mol. The van der Waals surface area contributed by atoms with Gasteiger partial charge in [-0.1, -0.05) is 0 Å². The summed E-state index contributed by atoms with van der Waals surface area (Å²) in [5, 5.41) is 3.13. The zero-order chi connectivity index (χ0) is 11.1. The molecule has 0 aliphatic heterocycles. The smallest absolute Gasteiger partial charge is 0.123 e. The second-order valence-electron chi connectivity index (χ2n) is 3.43. The van der Waals surface area contributed by atoms with Crippen LogP contribution in [0.15, 0.2) is 24.3 Å². The summed E-state index contributed by atoms with van der Waals surface area (Å²) >= 11 is 0. The van der Waals surface area contributed by atoms with Crippen LogP contribution in [0, 0.1) is 5.82 Å². The third-order valence-electron chi connectivity index (χ3n) is 2.13. The van der Waals surface area contributed by atoms with E-state index in [1.54, 1.807) is 12.1 Å². The van der Waals surface area contributed by atoms with E-state index >= 15 is 0 Å². The van der Waals surface area contributed by atoms with Crippen molar-refractivity contribution < 1.29 is 8.78 Å². The van der Waals surface area contributed by atoms with E-state index in [4.69, 9.17) is 0 Å². The number of likely N-dealkylation sites (N-methyl/N-ethyl adjacent to an activating group) is 1. The van der Waals surface area contributed by atoms with E-state index in [-0.39, 0.29) is 12.5 Å². The molecule has 84 valence electrons. The first-order chi connectivity index (χ1) is 7.22. The van der Waals surface area contributed by atoms with Crippen molar-refractivity contribution in [2.24, 2.45) is 0 Å². The highest BCUT2D eigenvalue weighted by Crippen LogP contribution is 2.07. The minimum atomic E-state index is -0.326. The molecule has 0 bridgehead atoms. The minimum absolute atomic E-state index is 0.241. The van der Waals surface area contributed by atoms with Gasteiger partial charge in [-0.25, -0.2) is 8.78 Å². The third kappa shape index (κ3) is 4.74. The van der Waals surface area contributed by atoms with Crippen LogP contribution < -0.4 is 5.32 Å². The van der Waals surface area contributed by atoms with Crippen molar-refractivity contribution in [1.82, 2.24) is 4.90 Å². The van der Waals surface area contributed by atoms with Crippen molar-refractivity contribution in [2.45, 2.75) is 0 Å². The van der Waals surface area contributed by atoms with Gasteiger partial charge in [0.15, 0.2) is 0 Å². The van der Waals surface area contributed by atoms with Crippen LogP contribution in [-0.2, 0) is 0 Å². The molecule has 4 heteroatoms. The van der Waals surface area contributed by atoms with E-state index in [2.05, 4.69) is 5.32 Å². The van der Waals surface area contributed by atoms with Gasteiger partial charge in [0.1, 0.15) is 12.5 Å². The lowest BCUT2D eigenvalue weighted by molar-refractivity contribution is 0.304. The number of hydrogen-bond donors (Lipinski definition) is 1. The van der Waals surface area contributed by atoms with Crippen molar-refractivity contribution in [3.63, 3.8) is 0 Å². The van der Waals surface area contributed by atoms with Gasteiger partial charge in [0.25, 0.3) is 0 Å². The van der Waals surface area contributed by atoms with Gasteiger partial charge in [0.05, 0.1) is 0 Å². The number of hydrogen-bond acceptors (Lipinski definition) is 2. The highest BCUT2D eigenvalue weighted by molar-refractivity contribution is 5.42. The molecular weight excluding hydrogens is 198 g/mol. The molecule has 0 heterocycles. The van der Waals surface area contributed by atoms with Crippen LogP contribution in [-0.4, -0.2) is 38.3 Å². The summed E-state index contributed by atoms with van der Waals surface area (Å²) in [4.78, 5) is 1.90. The minimum Gasteiger partial charge on any atom is -0.384 e. The molecule has 15 heavy (non-hydrogen) atoms. The fraction of sp³-hybridized carbons (Fsp3) is 0.455. The Bertz CT molecular complexity index is 274.